The topological polar surface area (TPSA) is 58.8 Å². The third-order valence-corrected chi connectivity index (χ3v) is 5.48. The van der Waals surface area contributed by atoms with Crippen molar-refractivity contribution in [2.45, 2.75) is 31.7 Å². The van der Waals surface area contributed by atoms with Crippen molar-refractivity contribution in [2.24, 2.45) is 5.73 Å². The van der Waals surface area contributed by atoms with Gasteiger partial charge in [0.05, 0.1) is 5.56 Å². The molecule has 0 aromatic heterocycles. The minimum Gasteiger partial charge on any atom is -0.457 e. The van der Waals surface area contributed by atoms with Gasteiger partial charge in [0, 0.05) is 19.1 Å². The van der Waals surface area contributed by atoms with E-state index >= 15 is 0 Å². The number of rotatable bonds is 6. The maximum atomic E-state index is 14.4. The van der Waals surface area contributed by atoms with E-state index in [2.05, 4.69) is 19.0 Å². The van der Waals surface area contributed by atoms with Crippen LogP contribution in [0.15, 0.2) is 42.5 Å². The fourth-order valence-corrected chi connectivity index (χ4v) is 3.73. The molecule has 2 aromatic rings. The van der Waals surface area contributed by atoms with Gasteiger partial charge in [0.1, 0.15) is 17.3 Å². The van der Waals surface area contributed by atoms with E-state index in [4.69, 9.17) is 10.5 Å². The van der Waals surface area contributed by atoms with Gasteiger partial charge in [-0.3, -0.25) is 4.79 Å². The minimum absolute atomic E-state index is 0.0607. The molecule has 0 aliphatic carbocycles. The first-order chi connectivity index (χ1) is 14.0. The zero-order valence-electron chi connectivity index (χ0n) is 17.2. The second kappa shape index (κ2) is 9.85. The number of hydrogen-bond acceptors (Lipinski definition) is 4. The van der Waals surface area contributed by atoms with Crippen LogP contribution in [0.25, 0.3) is 0 Å². The van der Waals surface area contributed by atoms with Crippen molar-refractivity contribution in [3.05, 3.63) is 59.4 Å². The maximum Gasteiger partial charge on any atom is 0.256 e. The van der Waals surface area contributed by atoms with Gasteiger partial charge in [-0.15, -0.1) is 0 Å². The van der Waals surface area contributed by atoms with Gasteiger partial charge in [0.2, 0.25) is 0 Å². The van der Waals surface area contributed by atoms with Gasteiger partial charge < -0.3 is 20.3 Å². The van der Waals surface area contributed by atoms with E-state index in [1.54, 1.807) is 11.0 Å². The molecule has 1 unspecified atom stereocenters. The highest BCUT2D eigenvalue weighted by molar-refractivity contribution is 5.95. The Bertz CT molecular complexity index is 823. The molecule has 2 N–H and O–H groups in total. The Labute approximate surface area is 172 Å². The predicted molar refractivity (Wildman–Crippen MR) is 113 cm³/mol. The van der Waals surface area contributed by atoms with Crippen LogP contribution in [0.3, 0.4) is 0 Å². The molecule has 1 amide bonds. The lowest BCUT2D eigenvalue weighted by Gasteiger charge is -2.23. The Kier molecular flexibility index (Phi) is 7.23. The van der Waals surface area contributed by atoms with E-state index in [9.17, 15) is 9.18 Å². The van der Waals surface area contributed by atoms with Crippen molar-refractivity contribution < 1.29 is 13.9 Å². The predicted octanol–water partition coefficient (Wildman–Crippen LogP) is 3.68. The lowest BCUT2D eigenvalue weighted by atomic mass is 10.1. The molecule has 0 spiro atoms. The molecule has 1 aliphatic heterocycles. The summed E-state index contributed by atoms with van der Waals surface area (Å²) in [4.78, 5) is 16.9. The van der Waals surface area contributed by atoms with Crippen LogP contribution in [-0.4, -0.2) is 55.5 Å². The number of nitrogens with two attached hydrogens (primary N) is 1. The zero-order valence-corrected chi connectivity index (χ0v) is 17.2. The van der Waals surface area contributed by atoms with Gasteiger partial charge in [-0.25, -0.2) is 4.39 Å². The molecule has 1 aliphatic rings. The van der Waals surface area contributed by atoms with E-state index in [0.717, 1.165) is 31.2 Å². The second-order valence-electron chi connectivity index (χ2n) is 7.77. The smallest absolute Gasteiger partial charge is 0.256 e. The van der Waals surface area contributed by atoms with Crippen LogP contribution in [-0.2, 0) is 6.42 Å². The largest absolute Gasteiger partial charge is 0.457 e. The van der Waals surface area contributed by atoms with Gasteiger partial charge in [-0.05, 0) is 82.2 Å². The Morgan fingerprint density at radius 3 is 2.55 bits per heavy atom. The molecule has 1 saturated heterocycles. The quantitative estimate of drug-likeness (QED) is 0.805. The number of benzene rings is 2. The lowest BCUT2D eigenvalue weighted by Crippen LogP contribution is -2.34. The highest BCUT2D eigenvalue weighted by Gasteiger charge is 2.24. The number of halogens is 1. The number of carbonyl (C=O) groups excluding carboxylic acids is 1. The highest BCUT2D eigenvalue weighted by Crippen LogP contribution is 2.26. The summed E-state index contributed by atoms with van der Waals surface area (Å²) in [6.45, 7) is 1.88. The fourth-order valence-electron chi connectivity index (χ4n) is 3.73. The van der Waals surface area contributed by atoms with Crippen LogP contribution < -0.4 is 10.5 Å². The summed E-state index contributed by atoms with van der Waals surface area (Å²) in [6.07, 6.45) is 3.66. The first-order valence-corrected chi connectivity index (χ1v) is 10.2. The molecule has 5 nitrogen and oxygen atoms in total. The molecular formula is C23H30FN3O2. The highest BCUT2D eigenvalue weighted by atomic mass is 19.1. The maximum absolute atomic E-state index is 14.4. The minimum atomic E-state index is -0.519. The number of nitrogens with zero attached hydrogens (tertiary/aromatic N) is 2. The Hall–Kier alpha value is -2.44. The molecule has 1 atom stereocenters. The van der Waals surface area contributed by atoms with Crippen LogP contribution in [0.1, 0.15) is 35.2 Å². The molecule has 29 heavy (non-hydrogen) atoms. The Morgan fingerprint density at radius 1 is 1.14 bits per heavy atom. The standard InChI is InChI=1S/C23H30FN3O2/c1-26(2)18-4-3-14-27(15-12-18)23(28)21-16-20(9-10-22(21)24)29-19-7-5-17(6-8-19)11-13-25/h5-10,16,18H,3-4,11-15,25H2,1-2H3. The first kappa shape index (κ1) is 21.3. The third kappa shape index (κ3) is 5.55. The van der Waals surface area contributed by atoms with Crippen molar-refractivity contribution in [1.82, 2.24) is 9.80 Å². The third-order valence-electron chi connectivity index (χ3n) is 5.48. The fraction of sp³-hybridized carbons (Fsp3) is 0.435. The van der Waals surface area contributed by atoms with E-state index in [1.807, 2.05) is 24.3 Å². The molecule has 2 aromatic carbocycles. The van der Waals surface area contributed by atoms with Crippen molar-refractivity contribution in [1.29, 1.82) is 0 Å². The van der Waals surface area contributed by atoms with E-state index in [1.165, 1.54) is 12.1 Å². The number of carbonyl (C=O) groups is 1. The number of ether oxygens (including phenoxy) is 1. The van der Waals surface area contributed by atoms with Crippen molar-refractivity contribution >= 4 is 5.91 Å². The molecule has 0 bridgehead atoms. The molecule has 3 rings (SSSR count). The molecule has 1 heterocycles. The average Bonchev–Trinajstić information content (AvgIpc) is 2.97. The number of likely N-dealkylation sites (tertiary alicyclic amines) is 1. The van der Waals surface area contributed by atoms with E-state index < -0.39 is 5.82 Å². The monoisotopic (exact) mass is 399 g/mol. The molecule has 6 heteroatoms. The molecular weight excluding hydrogens is 369 g/mol. The molecule has 156 valence electrons. The molecule has 0 radical (unpaired) electrons. The van der Waals surface area contributed by atoms with Crippen molar-refractivity contribution in [3.63, 3.8) is 0 Å². The molecule has 0 saturated carbocycles. The SMILES string of the molecule is CN(C)C1CCCN(C(=O)c2cc(Oc3ccc(CCN)cc3)ccc2F)CC1. The Morgan fingerprint density at radius 2 is 1.86 bits per heavy atom. The lowest BCUT2D eigenvalue weighted by molar-refractivity contribution is 0.0753. The van der Waals surface area contributed by atoms with Gasteiger partial charge in [-0.2, -0.15) is 0 Å². The second-order valence-corrected chi connectivity index (χ2v) is 7.77. The van der Waals surface area contributed by atoms with Gasteiger partial charge in [0.15, 0.2) is 0 Å². The van der Waals surface area contributed by atoms with Crippen molar-refractivity contribution in [2.75, 3.05) is 33.7 Å². The van der Waals surface area contributed by atoms with E-state index in [-0.39, 0.29) is 11.5 Å². The van der Waals surface area contributed by atoms with Crippen LogP contribution in [0.5, 0.6) is 11.5 Å². The molecule has 1 fully saturated rings. The van der Waals surface area contributed by atoms with Gasteiger partial charge in [0.25, 0.3) is 5.91 Å². The van der Waals surface area contributed by atoms with Crippen LogP contribution in [0.2, 0.25) is 0 Å². The number of hydrogen-bond donors (Lipinski definition) is 1. The summed E-state index contributed by atoms with van der Waals surface area (Å²) >= 11 is 0. The van der Waals surface area contributed by atoms with Gasteiger partial charge >= 0.3 is 0 Å². The van der Waals surface area contributed by atoms with E-state index in [0.29, 0.717) is 37.2 Å². The summed E-state index contributed by atoms with van der Waals surface area (Å²) in [7, 11) is 4.12. The normalized spacial score (nSPS) is 17.3. The van der Waals surface area contributed by atoms with Gasteiger partial charge in [-0.1, -0.05) is 12.1 Å². The summed E-state index contributed by atoms with van der Waals surface area (Å²) < 4.78 is 20.3. The summed E-state index contributed by atoms with van der Waals surface area (Å²) in [6, 6.07) is 12.4. The van der Waals surface area contributed by atoms with Crippen LogP contribution >= 0.6 is 0 Å². The summed E-state index contributed by atoms with van der Waals surface area (Å²) in [5, 5.41) is 0. The zero-order chi connectivity index (χ0) is 20.8. The Balaban J connectivity index is 1.72. The summed E-state index contributed by atoms with van der Waals surface area (Å²) in [5.74, 6) is 0.293. The first-order valence-electron chi connectivity index (χ1n) is 10.2. The van der Waals surface area contributed by atoms with Crippen LogP contribution in [0, 0.1) is 5.82 Å². The summed E-state index contributed by atoms with van der Waals surface area (Å²) in [5.41, 5.74) is 6.76. The number of amides is 1. The van der Waals surface area contributed by atoms with Crippen molar-refractivity contribution in [3.8, 4) is 11.5 Å². The van der Waals surface area contributed by atoms with Crippen LogP contribution in [0.4, 0.5) is 4.39 Å². The average molecular weight is 400 g/mol.